The van der Waals surface area contributed by atoms with Crippen molar-refractivity contribution in [2.75, 3.05) is 0 Å². The fraction of sp³-hybridized carbons (Fsp3) is 0.455. The Morgan fingerprint density at radius 2 is 2.00 bits per heavy atom. The monoisotopic (exact) mass is 191 g/mol. The predicted octanol–water partition coefficient (Wildman–Crippen LogP) is 2.52. The van der Waals surface area contributed by atoms with E-state index in [1.165, 1.54) is 0 Å². The first kappa shape index (κ1) is 10.7. The summed E-state index contributed by atoms with van der Waals surface area (Å²) in [6, 6.07) is 0. The molecule has 1 aromatic rings. The number of rotatable bonds is 0. The van der Waals surface area contributed by atoms with Gasteiger partial charge >= 0.3 is 0 Å². The molecule has 1 aliphatic heterocycles. The van der Waals surface area contributed by atoms with E-state index < -0.39 is 0 Å². The van der Waals surface area contributed by atoms with Crippen LogP contribution in [0, 0.1) is 5.92 Å². The highest BCUT2D eigenvalue weighted by atomic mass is 15.2. The maximum Gasteiger partial charge on any atom is 0.140 e. The minimum absolute atomic E-state index is 0.833. The third kappa shape index (κ3) is 3.56. The molecule has 0 amide bonds. The molecule has 0 fully saturated rings. The molecule has 14 heavy (non-hydrogen) atoms. The van der Waals surface area contributed by atoms with Gasteiger partial charge in [0.25, 0.3) is 0 Å². The molecule has 3 heteroatoms. The standard InChI is InChI=1S/C7H7N3.C4H10/c1-2-4-7-9-8-6-10(7)5-3-1;1-4(2)3/h1-3,5-6H,4H2;4H,1-3H3. The summed E-state index contributed by atoms with van der Waals surface area (Å²) in [7, 11) is 0. The van der Waals surface area contributed by atoms with Crippen LogP contribution in [0.15, 0.2) is 24.6 Å². The van der Waals surface area contributed by atoms with Crippen molar-refractivity contribution in [2.45, 2.75) is 27.2 Å². The van der Waals surface area contributed by atoms with E-state index >= 15 is 0 Å². The Hall–Kier alpha value is -1.38. The first-order valence-corrected chi connectivity index (χ1v) is 4.92. The van der Waals surface area contributed by atoms with Gasteiger partial charge in [0, 0.05) is 12.6 Å². The van der Waals surface area contributed by atoms with Crippen LogP contribution in [0.5, 0.6) is 0 Å². The summed E-state index contributed by atoms with van der Waals surface area (Å²) in [5.74, 6) is 1.82. The maximum absolute atomic E-state index is 3.93. The van der Waals surface area contributed by atoms with Gasteiger partial charge in [-0.05, 0) is 12.0 Å². The second kappa shape index (κ2) is 5.37. The van der Waals surface area contributed by atoms with Gasteiger partial charge in [0.05, 0.1) is 0 Å². The van der Waals surface area contributed by atoms with Crippen LogP contribution < -0.4 is 0 Å². The van der Waals surface area contributed by atoms with Gasteiger partial charge in [-0.25, -0.2) is 0 Å². The molecule has 2 rings (SSSR count). The quantitative estimate of drug-likeness (QED) is 0.631. The van der Waals surface area contributed by atoms with Crippen LogP contribution in [-0.4, -0.2) is 14.8 Å². The molecule has 0 radical (unpaired) electrons. The molecule has 0 saturated carbocycles. The zero-order valence-corrected chi connectivity index (χ0v) is 9.01. The summed E-state index contributed by atoms with van der Waals surface area (Å²) in [5.41, 5.74) is 0. The van der Waals surface area contributed by atoms with Crippen molar-refractivity contribution in [2.24, 2.45) is 5.92 Å². The molecular formula is C11H17N3. The van der Waals surface area contributed by atoms with Crippen molar-refractivity contribution in [3.63, 3.8) is 0 Å². The van der Waals surface area contributed by atoms with E-state index in [0.717, 1.165) is 18.2 Å². The highest BCUT2D eigenvalue weighted by molar-refractivity contribution is 5.31. The Kier molecular flexibility index (Phi) is 4.11. The minimum Gasteiger partial charge on any atom is -0.292 e. The summed E-state index contributed by atoms with van der Waals surface area (Å²) in [4.78, 5) is 0. The average Bonchev–Trinajstić information content (AvgIpc) is 2.42. The SMILES string of the molecule is C1=CCc2nncn2C=C1.CC(C)C. The van der Waals surface area contributed by atoms with E-state index in [-0.39, 0.29) is 0 Å². The van der Waals surface area contributed by atoms with E-state index in [1.54, 1.807) is 6.33 Å². The second-order valence-corrected chi connectivity index (χ2v) is 3.86. The van der Waals surface area contributed by atoms with Gasteiger partial charge in [-0.15, -0.1) is 10.2 Å². The second-order valence-electron chi connectivity index (χ2n) is 3.86. The van der Waals surface area contributed by atoms with Crippen molar-refractivity contribution < 1.29 is 0 Å². The van der Waals surface area contributed by atoms with Crippen molar-refractivity contribution in [1.82, 2.24) is 14.8 Å². The van der Waals surface area contributed by atoms with Crippen LogP contribution in [0.2, 0.25) is 0 Å². The number of allylic oxidation sites excluding steroid dienone is 3. The van der Waals surface area contributed by atoms with Crippen LogP contribution >= 0.6 is 0 Å². The van der Waals surface area contributed by atoms with E-state index in [1.807, 2.05) is 22.9 Å². The van der Waals surface area contributed by atoms with Crippen molar-refractivity contribution >= 4 is 6.20 Å². The van der Waals surface area contributed by atoms with E-state index in [2.05, 4.69) is 37.0 Å². The molecule has 0 aliphatic carbocycles. The summed E-state index contributed by atoms with van der Waals surface area (Å²) in [6.45, 7) is 6.50. The smallest absolute Gasteiger partial charge is 0.140 e. The Balaban J connectivity index is 0.000000213. The topological polar surface area (TPSA) is 30.7 Å². The highest BCUT2D eigenvalue weighted by Crippen LogP contribution is 2.01. The number of hydrogen-bond donors (Lipinski definition) is 0. The van der Waals surface area contributed by atoms with E-state index in [9.17, 15) is 0 Å². The largest absolute Gasteiger partial charge is 0.292 e. The van der Waals surface area contributed by atoms with Gasteiger partial charge in [0.2, 0.25) is 0 Å². The Labute approximate surface area is 85.2 Å². The molecule has 3 nitrogen and oxygen atoms in total. The summed E-state index contributed by atoms with van der Waals surface area (Å²) >= 11 is 0. The van der Waals surface area contributed by atoms with Crippen LogP contribution in [0.1, 0.15) is 26.6 Å². The van der Waals surface area contributed by atoms with Gasteiger partial charge in [0.1, 0.15) is 12.2 Å². The molecule has 0 N–H and O–H groups in total. The molecule has 1 aromatic heterocycles. The van der Waals surface area contributed by atoms with Crippen LogP contribution in [0.25, 0.3) is 6.20 Å². The minimum atomic E-state index is 0.833. The summed E-state index contributed by atoms with van der Waals surface area (Å²) in [5, 5.41) is 7.70. The molecule has 0 unspecified atom stereocenters. The fourth-order valence-corrected chi connectivity index (χ4v) is 0.932. The Morgan fingerprint density at radius 3 is 2.71 bits per heavy atom. The first-order chi connectivity index (χ1) is 6.70. The van der Waals surface area contributed by atoms with Gasteiger partial charge in [-0.1, -0.05) is 32.9 Å². The number of hydrogen-bond acceptors (Lipinski definition) is 2. The lowest BCUT2D eigenvalue weighted by atomic mass is 10.3. The molecule has 76 valence electrons. The van der Waals surface area contributed by atoms with Crippen molar-refractivity contribution in [3.05, 3.63) is 30.4 Å². The van der Waals surface area contributed by atoms with E-state index in [0.29, 0.717) is 0 Å². The fourth-order valence-electron chi connectivity index (χ4n) is 0.932. The lowest BCUT2D eigenvalue weighted by Crippen LogP contribution is -1.91. The predicted molar refractivity (Wildman–Crippen MR) is 58.7 cm³/mol. The van der Waals surface area contributed by atoms with Gasteiger partial charge in [-0.3, -0.25) is 4.57 Å². The van der Waals surface area contributed by atoms with Crippen molar-refractivity contribution in [3.8, 4) is 0 Å². The molecule has 0 atom stereocenters. The Morgan fingerprint density at radius 1 is 1.29 bits per heavy atom. The van der Waals surface area contributed by atoms with Crippen molar-refractivity contribution in [1.29, 1.82) is 0 Å². The summed E-state index contributed by atoms with van der Waals surface area (Å²) in [6.07, 6.45) is 10.6. The molecule has 2 heterocycles. The first-order valence-electron chi connectivity index (χ1n) is 4.92. The third-order valence-electron chi connectivity index (χ3n) is 1.44. The van der Waals surface area contributed by atoms with Crippen LogP contribution in [0.3, 0.4) is 0 Å². The summed E-state index contributed by atoms with van der Waals surface area (Å²) < 4.78 is 1.92. The molecule has 0 aromatic carbocycles. The lowest BCUT2D eigenvalue weighted by molar-refractivity contribution is 0.737. The maximum atomic E-state index is 3.93. The van der Waals surface area contributed by atoms with E-state index in [4.69, 9.17) is 0 Å². The third-order valence-corrected chi connectivity index (χ3v) is 1.44. The molecule has 1 aliphatic rings. The molecule has 0 saturated heterocycles. The number of aromatic nitrogens is 3. The normalized spacial score (nSPS) is 13.1. The van der Waals surface area contributed by atoms with Crippen LogP contribution in [-0.2, 0) is 6.42 Å². The molecule has 0 bridgehead atoms. The van der Waals surface area contributed by atoms with Crippen LogP contribution in [0.4, 0.5) is 0 Å². The zero-order chi connectivity index (χ0) is 10.4. The average molecular weight is 191 g/mol. The van der Waals surface area contributed by atoms with Gasteiger partial charge in [0.15, 0.2) is 0 Å². The highest BCUT2D eigenvalue weighted by Gasteiger charge is 1.99. The zero-order valence-electron chi connectivity index (χ0n) is 9.01. The van der Waals surface area contributed by atoms with Gasteiger partial charge < -0.3 is 0 Å². The molecule has 0 spiro atoms. The molecular weight excluding hydrogens is 174 g/mol. The lowest BCUT2D eigenvalue weighted by Gasteiger charge is -1.91. The Bertz CT molecular complexity index is 318. The number of nitrogens with zero attached hydrogens (tertiary/aromatic N) is 3. The van der Waals surface area contributed by atoms with Gasteiger partial charge in [-0.2, -0.15) is 0 Å². The number of fused-ring (bicyclic) bond motifs is 1.